The van der Waals surface area contributed by atoms with Crippen molar-refractivity contribution in [1.82, 2.24) is 4.98 Å². The lowest BCUT2D eigenvalue weighted by molar-refractivity contribution is -0.137. The molecule has 0 spiro atoms. The Morgan fingerprint density at radius 1 is 1.33 bits per heavy atom. The number of amides is 1. The Bertz CT molecular complexity index is 1000. The van der Waals surface area contributed by atoms with Crippen molar-refractivity contribution in [1.29, 1.82) is 5.26 Å². The SMILES string of the molecule is Cc1cc(C(F)(F)F)c(C#N)c(N2CC[C@H](O)[C@H]2C(=O)N(C)c2ccc(F)cc2)n1. The van der Waals surface area contributed by atoms with Gasteiger partial charge in [0.2, 0.25) is 0 Å². The highest BCUT2D eigenvalue weighted by molar-refractivity contribution is 5.99. The first-order chi connectivity index (χ1) is 14.0. The van der Waals surface area contributed by atoms with E-state index < -0.39 is 41.2 Å². The van der Waals surface area contributed by atoms with E-state index in [9.17, 15) is 32.7 Å². The molecule has 1 aromatic carbocycles. The number of carbonyl (C=O) groups is 1. The number of aliphatic hydroxyl groups excluding tert-OH is 1. The molecule has 2 heterocycles. The van der Waals surface area contributed by atoms with Crippen molar-refractivity contribution in [3.63, 3.8) is 0 Å². The van der Waals surface area contributed by atoms with E-state index in [0.29, 0.717) is 5.69 Å². The van der Waals surface area contributed by atoms with E-state index in [0.717, 1.165) is 18.2 Å². The van der Waals surface area contributed by atoms with Crippen LogP contribution in [0, 0.1) is 24.1 Å². The normalized spacial score (nSPS) is 18.9. The summed E-state index contributed by atoms with van der Waals surface area (Å²) in [5, 5.41) is 19.8. The third kappa shape index (κ3) is 3.93. The highest BCUT2D eigenvalue weighted by Crippen LogP contribution is 2.38. The standard InChI is InChI=1S/C20H18F4N4O2/c1-11-9-15(20(22,23)24)14(10-25)18(26-11)28-8-7-16(29)17(28)19(30)27(2)13-5-3-12(21)4-6-13/h3-6,9,16-17,29H,7-8H2,1-2H3/t16-,17-/m0/s1. The number of aliphatic hydroxyl groups is 1. The fourth-order valence-corrected chi connectivity index (χ4v) is 3.50. The van der Waals surface area contributed by atoms with Gasteiger partial charge in [-0.3, -0.25) is 4.79 Å². The summed E-state index contributed by atoms with van der Waals surface area (Å²) in [6, 6.07) is 6.13. The summed E-state index contributed by atoms with van der Waals surface area (Å²) in [6.45, 7) is 1.39. The number of nitriles is 1. The van der Waals surface area contributed by atoms with Crippen molar-refractivity contribution in [3.05, 3.63) is 53.0 Å². The summed E-state index contributed by atoms with van der Waals surface area (Å²) < 4.78 is 53.5. The van der Waals surface area contributed by atoms with Crippen molar-refractivity contribution in [3.8, 4) is 6.07 Å². The van der Waals surface area contributed by atoms with Gasteiger partial charge in [-0.05, 0) is 43.7 Å². The average molecular weight is 422 g/mol. The van der Waals surface area contributed by atoms with Crippen LogP contribution in [0.4, 0.5) is 29.1 Å². The number of halogens is 4. The van der Waals surface area contributed by atoms with E-state index >= 15 is 0 Å². The number of likely N-dealkylation sites (N-methyl/N-ethyl adjacent to an activating group) is 1. The minimum atomic E-state index is -4.78. The quantitative estimate of drug-likeness (QED) is 0.770. The Hall–Kier alpha value is -3.19. The molecule has 0 unspecified atom stereocenters. The predicted molar refractivity (Wildman–Crippen MR) is 100 cm³/mol. The highest BCUT2D eigenvalue weighted by Gasteiger charge is 2.44. The molecule has 0 bridgehead atoms. The fraction of sp³-hybridized carbons (Fsp3) is 0.350. The number of nitrogens with zero attached hydrogens (tertiary/aromatic N) is 4. The zero-order chi connectivity index (χ0) is 22.2. The zero-order valence-electron chi connectivity index (χ0n) is 16.1. The number of anilines is 2. The third-order valence-corrected chi connectivity index (χ3v) is 4.98. The van der Waals surface area contributed by atoms with E-state index in [1.54, 1.807) is 6.07 Å². The Balaban J connectivity index is 2.04. The second kappa shape index (κ2) is 7.91. The Kier molecular flexibility index (Phi) is 5.67. The molecule has 2 aromatic rings. The van der Waals surface area contributed by atoms with Crippen LogP contribution in [0.2, 0.25) is 0 Å². The van der Waals surface area contributed by atoms with Gasteiger partial charge in [-0.15, -0.1) is 0 Å². The topological polar surface area (TPSA) is 80.5 Å². The van der Waals surface area contributed by atoms with E-state index in [2.05, 4.69) is 4.98 Å². The molecule has 30 heavy (non-hydrogen) atoms. The maximum atomic E-state index is 13.4. The van der Waals surface area contributed by atoms with Crippen LogP contribution >= 0.6 is 0 Å². The maximum Gasteiger partial charge on any atom is 0.417 e. The summed E-state index contributed by atoms with van der Waals surface area (Å²) in [4.78, 5) is 19.6. The number of aryl methyl sites for hydroxylation is 1. The molecule has 1 amide bonds. The number of aromatic nitrogens is 1. The molecule has 1 fully saturated rings. The van der Waals surface area contributed by atoms with Crippen LogP contribution in [0.25, 0.3) is 0 Å². The number of carbonyl (C=O) groups excluding carboxylic acids is 1. The predicted octanol–water partition coefficient (Wildman–Crippen LogP) is 3.02. The van der Waals surface area contributed by atoms with E-state index in [1.807, 2.05) is 0 Å². The lowest BCUT2D eigenvalue weighted by atomic mass is 10.1. The van der Waals surface area contributed by atoms with Gasteiger partial charge in [-0.25, -0.2) is 9.37 Å². The Morgan fingerprint density at radius 3 is 2.53 bits per heavy atom. The largest absolute Gasteiger partial charge is 0.417 e. The van der Waals surface area contributed by atoms with Gasteiger partial charge in [-0.2, -0.15) is 18.4 Å². The summed E-state index contributed by atoms with van der Waals surface area (Å²) >= 11 is 0. The second-order valence-electron chi connectivity index (χ2n) is 6.99. The average Bonchev–Trinajstić information content (AvgIpc) is 3.07. The lowest BCUT2D eigenvalue weighted by Crippen LogP contribution is -2.49. The molecule has 1 aliphatic rings. The summed E-state index contributed by atoms with van der Waals surface area (Å²) in [6.07, 6.45) is -5.85. The monoisotopic (exact) mass is 422 g/mol. The molecule has 0 saturated carbocycles. The van der Waals surface area contributed by atoms with Gasteiger partial charge >= 0.3 is 6.18 Å². The van der Waals surface area contributed by atoms with Crippen LogP contribution < -0.4 is 9.80 Å². The maximum absolute atomic E-state index is 13.4. The number of pyridine rings is 1. The van der Waals surface area contributed by atoms with E-state index in [-0.39, 0.29) is 24.5 Å². The molecule has 2 atom stereocenters. The Morgan fingerprint density at radius 2 is 1.97 bits per heavy atom. The molecule has 6 nitrogen and oxygen atoms in total. The molecule has 1 aromatic heterocycles. The first kappa shape index (κ1) is 21.5. The fourth-order valence-electron chi connectivity index (χ4n) is 3.50. The molecular weight excluding hydrogens is 404 g/mol. The van der Waals surface area contributed by atoms with Gasteiger partial charge in [0, 0.05) is 25.0 Å². The van der Waals surface area contributed by atoms with Crippen molar-refractivity contribution in [2.24, 2.45) is 0 Å². The minimum absolute atomic E-state index is 0.0239. The molecule has 0 radical (unpaired) electrons. The number of alkyl halides is 3. The van der Waals surface area contributed by atoms with Gasteiger partial charge in [0.05, 0.1) is 11.7 Å². The van der Waals surface area contributed by atoms with E-state index in [1.165, 1.54) is 35.9 Å². The minimum Gasteiger partial charge on any atom is -0.390 e. The lowest BCUT2D eigenvalue weighted by Gasteiger charge is -2.31. The summed E-state index contributed by atoms with van der Waals surface area (Å²) in [5.41, 5.74) is -1.48. The molecule has 1 N–H and O–H groups in total. The van der Waals surface area contributed by atoms with Crippen LogP contribution in [-0.2, 0) is 11.0 Å². The zero-order valence-corrected chi connectivity index (χ0v) is 16.1. The number of benzene rings is 1. The molecule has 158 valence electrons. The molecule has 3 rings (SSSR count). The first-order valence-electron chi connectivity index (χ1n) is 9.01. The van der Waals surface area contributed by atoms with Crippen molar-refractivity contribution >= 4 is 17.4 Å². The Labute approximate surface area is 170 Å². The van der Waals surface area contributed by atoms with Crippen molar-refractivity contribution in [2.45, 2.75) is 31.7 Å². The van der Waals surface area contributed by atoms with Crippen LogP contribution in [0.5, 0.6) is 0 Å². The van der Waals surface area contributed by atoms with Gasteiger partial charge < -0.3 is 14.9 Å². The van der Waals surface area contributed by atoms with Crippen molar-refractivity contribution in [2.75, 3.05) is 23.4 Å². The second-order valence-corrected chi connectivity index (χ2v) is 6.99. The summed E-state index contributed by atoms with van der Waals surface area (Å²) in [7, 11) is 1.41. The number of rotatable bonds is 3. The molecular formula is C20H18F4N4O2. The summed E-state index contributed by atoms with van der Waals surface area (Å²) in [5.74, 6) is -1.41. The number of hydrogen-bond acceptors (Lipinski definition) is 5. The third-order valence-electron chi connectivity index (χ3n) is 4.98. The van der Waals surface area contributed by atoms with Crippen molar-refractivity contribution < 1.29 is 27.5 Å². The molecule has 1 aliphatic heterocycles. The first-order valence-corrected chi connectivity index (χ1v) is 9.01. The van der Waals surface area contributed by atoms with Crippen LogP contribution in [0.3, 0.4) is 0 Å². The van der Waals surface area contributed by atoms with Gasteiger partial charge in [0.1, 0.15) is 29.3 Å². The molecule has 1 saturated heterocycles. The molecule has 10 heteroatoms. The van der Waals surface area contributed by atoms with Gasteiger partial charge in [0.15, 0.2) is 0 Å². The van der Waals surface area contributed by atoms with E-state index in [4.69, 9.17) is 0 Å². The highest BCUT2D eigenvalue weighted by atomic mass is 19.4. The van der Waals surface area contributed by atoms with Gasteiger partial charge in [0.25, 0.3) is 5.91 Å². The van der Waals surface area contributed by atoms with Crippen LogP contribution in [-0.4, -0.2) is 41.7 Å². The number of hydrogen-bond donors (Lipinski definition) is 1. The smallest absolute Gasteiger partial charge is 0.390 e. The molecule has 0 aliphatic carbocycles. The van der Waals surface area contributed by atoms with Crippen LogP contribution in [0.1, 0.15) is 23.2 Å². The van der Waals surface area contributed by atoms with Gasteiger partial charge in [-0.1, -0.05) is 0 Å². The van der Waals surface area contributed by atoms with Crippen LogP contribution in [0.15, 0.2) is 30.3 Å².